The number of benzene rings is 3. The lowest BCUT2D eigenvalue weighted by atomic mass is 9.84. The minimum atomic E-state index is -0.572. The molecule has 1 fully saturated rings. The molecule has 0 radical (unpaired) electrons. The van der Waals surface area contributed by atoms with E-state index in [1.165, 1.54) is 23.3 Å². The van der Waals surface area contributed by atoms with Crippen LogP contribution in [0.15, 0.2) is 66.7 Å². The Balaban J connectivity index is 1.14. The molecular weight excluding hydrogens is 501 g/mol. The van der Waals surface area contributed by atoms with Gasteiger partial charge in [-0.3, -0.25) is 4.79 Å². The van der Waals surface area contributed by atoms with Gasteiger partial charge in [-0.2, -0.15) is 0 Å². The highest BCUT2D eigenvalue weighted by atomic mass is 19.1. The molecule has 3 aromatic rings. The number of amides is 3. The lowest BCUT2D eigenvalue weighted by Gasteiger charge is -2.38. The fourth-order valence-corrected chi connectivity index (χ4v) is 5.85. The smallest absolute Gasteiger partial charge is 0.323 e. The van der Waals surface area contributed by atoms with E-state index in [1.54, 1.807) is 24.3 Å². The van der Waals surface area contributed by atoms with Crippen LogP contribution in [0.5, 0.6) is 5.75 Å². The SMILES string of the molecule is O=C(Nc1ccc2c(c1)[C@H]1C[C@@H](CC(=O)N3CCc4ccccc4C3)O[C@H](CO)[C@H]1O2)Nc1ccccc1F. The Morgan fingerprint density at radius 2 is 1.82 bits per heavy atom. The number of carbonyl (C=O) groups excluding carboxylic acids is 2. The van der Waals surface area contributed by atoms with E-state index in [2.05, 4.69) is 22.8 Å². The van der Waals surface area contributed by atoms with Crippen molar-refractivity contribution in [2.24, 2.45) is 0 Å². The van der Waals surface area contributed by atoms with Crippen molar-refractivity contribution in [2.45, 2.75) is 50.0 Å². The van der Waals surface area contributed by atoms with Crippen LogP contribution in [0.2, 0.25) is 0 Å². The summed E-state index contributed by atoms with van der Waals surface area (Å²) < 4.78 is 26.2. The fraction of sp³-hybridized carbons (Fsp3) is 0.333. The maximum atomic E-state index is 13.9. The molecule has 3 aliphatic rings. The maximum absolute atomic E-state index is 13.9. The number of hydrogen-bond acceptors (Lipinski definition) is 5. The summed E-state index contributed by atoms with van der Waals surface area (Å²) in [4.78, 5) is 27.6. The lowest BCUT2D eigenvalue weighted by molar-refractivity contribution is -0.149. The first-order chi connectivity index (χ1) is 19.0. The van der Waals surface area contributed by atoms with E-state index in [9.17, 15) is 19.1 Å². The molecule has 1 saturated heterocycles. The van der Waals surface area contributed by atoms with Crippen LogP contribution in [0.3, 0.4) is 0 Å². The van der Waals surface area contributed by atoms with Crippen LogP contribution in [-0.4, -0.2) is 53.4 Å². The molecule has 3 N–H and O–H groups in total. The van der Waals surface area contributed by atoms with Gasteiger partial charge in [0.15, 0.2) is 0 Å². The van der Waals surface area contributed by atoms with Crippen molar-refractivity contribution in [3.8, 4) is 5.75 Å². The maximum Gasteiger partial charge on any atom is 0.323 e. The average molecular weight is 532 g/mol. The number of hydrogen-bond donors (Lipinski definition) is 3. The summed E-state index contributed by atoms with van der Waals surface area (Å²) in [7, 11) is 0. The number of carbonyl (C=O) groups is 2. The second kappa shape index (κ2) is 10.7. The number of ether oxygens (including phenoxy) is 2. The van der Waals surface area contributed by atoms with Crippen molar-refractivity contribution in [3.63, 3.8) is 0 Å². The Hall–Kier alpha value is -3.95. The van der Waals surface area contributed by atoms with Crippen molar-refractivity contribution in [3.05, 3.63) is 89.2 Å². The number of aliphatic hydroxyl groups excluding tert-OH is 1. The first kappa shape index (κ1) is 25.3. The third-order valence-electron chi connectivity index (χ3n) is 7.76. The second-order valence-electron chi connectivity index (χ2n) is 10.3. The van der Waals surface area contributed by atoms with Crippen molar-refractivity contribution < 1.29 is 28.6 Å². The van der Waals surface area contributed by atoms with Gasteiger partial charge in [0.1, 0.15) is 23.8 Å². The summed E-state index contributed by atoms with van der Waals surface area (Å²) in [5.41, 5.74) is 3.95. The number of nitrogens with zero attached hydrogens (tertiary/aromatic N) is 1. The first-order valence-electron chi connectivity index (χ1n) is 13.2. The van der Waals surface area contributed by atoms with E-state index < -0.39 is 18.0 Å². The molecule has 6 rings (SSSR count). The normalized spacial score (nSPS) is 23.2. The average Bonchev–Trinajstić information content (AvgIpc) is 3.31. The molecule has 8 nitrogen and oxygen atoms in total. The van der Waals surface area contributed by atoms with E-state index in [0.717, 1.165) is 12.0 Å². The Kier molecular flexibility index (Phi) is 6.93. The second-order valence-corrected chi connectivity index (χ2v) is 10.3. The number of anilines is 2. The minimum absolute atomic E-state index is 0.0315. The van der Waals surface area contributed by atoms with E-state index in [0.29, 0.717) is 30.9 Å². The lowest BCUT2D eigenvalue weighted by Crippen LogP contribution is -2.48. The molecular formula is C30H30FN3O5. The number of rotatable bonds is 5. The molecule has 0 saturated carbocycles. The molecule has 39 heavy (non-hydrogen) atoms. The van der Waals surface area contributed by atoms with E-state index in [-0.39, 0.29) is 42.7 Å². The quantitative estimate of drug-likeness (QED) is 0.452. The van der Waals surface area contributed by atoms with Crippen LogP contribution in [0.1, 0.15) is 35.4 Å². The monoisotopic (exact) mass is 531 g/mol. The molecule has 0 spiro atoms. The zero-order valence-corrected chi connectivity index (χ0v) is 21.3. The highest BCUT2D eigenvalue weighted by Gasteiger charge is 2.46. The van der Waals surface area contributed by atoms with Crippen LogP contribution in [0, 0.1) is 5.82 Å². The number of halogens is 1. The summed E-state index contributed by atoms with van der Waals surface area (Å²) >= 11 is 0. The van der Waals surface area contributed by atoms with Crippen molar-refractivity contribution in [1.29, 1.82) is 0 Å². The van der Waals surface area contributed by atoms with Gasteiger partial charge < -0.3 is 30.1 Å². The van der Waals surface area contributed by atoms with Crippen LogP contribution in [0.4, 0.5) is 20.6 Å². The summed E-state index contributed by atoms with van der Waals surface area (Å²) in [6, 6.07) is 18.9. The third-order valence-corrected chi connectivity index (χ3v) is 7.76. The van der Waals surface area contributed by atoms with Gasteiger partial charge in [0.05, 0.1) is 24.8 Å². The molecule has 3 amide bonds. The fourth-order valence-electron chi connectivity index (χ4n) is 5.85. The Morgan fingerprint density at radius 3 is 2.64 bits per heavy atom. The molecule has 9 heteroatoms. The largest absolute Gasteiger partial charge is 0.487 e. The molecule has 3 heterocycles. The summed E-state index contributed by atoms with van der Waals surface area (Å²) in [5.74, 6) is 0.0577. The highest BCUT2D eigenvalue weighted by Crippen LogP contribution is 2.47. The molecule has 4 atom stereocenters. The standard InChI is InChI=1S/C30H30FN3O5/c31-24-7-3-4-8-25(24)33-30(37)32-20-9-10-26-22(13-20)23-14-21(38-27(17-35)29(23)39-26)15-28(36)34-12-11-18-5-1-2-6-19(18)16-34/h1-10,13,21,23,27,29,35H,11-12,14-17H2,(H2,32,33,37)/t21-,23+,27+,29-/m0/s1. The summed E-state index contributed by atoms with van der Waals surface area (Å²) in [6.45, 7) is 1.04. The molecule has 3 aromatic carbocycles. The number of fused-ring (bicyclic) bond motifs is 4. The van der Waals surface area contributed by atoms with E-state index >= 15 is 0 Å². The van der Waals surface area contributed by atoms with Gasteiger partial charge >= 0.3 is 6.03 Å². The van der Waals surface area contributed by atoms with Gasteiger partial charge in [-0.05, 0) is 54.3 Å². The Labute approximate surface area is 225 Å². The van der Waals surface area contributed by atoms with Crippen molar-refractivity contribution in [2.75, 3.05) is 23.8 Å². The molecule has 202 valence electrons. The van der Waals surface area contributed by atoms with Crippen LogP contribution in [-0.2, 0) is 22.5 Å². The number of nitrogens with one attached hydrogen (secondary N) is 2. The molecule has 3 aliphatic heterocycles. The van der Waals surface area contributed by atoms with Crippen LogP contribution < -0.4 is 15.4 Å². The Bertz CT molecular complexity index is 1400. The van der Waals surface area contributed by atoms with Gasteiger partial charge in [-0.25, -0.2) is 9.18 Å². The molecule has 0 aromatic heterocycles. The van der Waals surface area contributed by atoms with Crippen molar-refractivity contribution in [1.82, 2.24) is 4.90 Å². The van der Waals surface area contributed by atoms with E-state index in [4.69, 9.17) is 9.47 Å². The van der Waals surface area contributed by atoms with Gasteiger partial charge in [0.2, 0.25) is 5.91 Å². The number of para-hydroxylation sites is 1. The predicted molar refractivity (Wildman–Crippen MR) is 143 cm³/mol. The zero-order chi connectivity index (χ0) is 26.9. The van der Waals surface area contributed by atoms with Crippen LogP contribution in [0.25, 0.3) is 0 Å². The summed E-state index contributed by atoms with van der Waals surface area (Å²) in [5, 5.41) is 15.3. The topological polar surface area (TPSA) is 100 Å². The number of aliphatic hydroxyl groups is 1. The van der Waals surface area contributed by atoms with Gasteiger partial charge in [0, 0.05) is 30.3 Å². The first-order valence-corrected chi connectivity index (χ1v) is 13.2. The third kappa shape index (κ3) is 5.20. The zero-order valence-electron chi connectivity index (χ0n) is 21.3. The predicted octanol–water partition coefficient (Wildman–Crippen LogP) is 4.44. The van der Waals surface area contributed by atoms with Crippen LogP contribution >= 0.6 is 0 Å². The molecule has 0 aliphatic carbocycles. The van der Waals surface area contributed by atoms with Crippen molar-refractivity contribution >= 4 is 23.3 Å². The van der Waals surface area contributed by atoms with Gasteiger partial charge in [0.25, 0.3) is 0 Å². The number of urea groups is 1. The molecule has 0 bridgehead atoms. The van der Waals surface area contributed by atoms with Gasteiger partial charge in [-0.1, -0.05) is 36.4 Å². The van der Waals surface area contributed by atoms with E-state index in [1.807, 2.05) is 23.1 Å². The molecule has 0 unspecified atom stereocenters. The minimum Gasteiger partial charge on any atom is -0.487 e. The highest BCUT2D eigenvalue weighted by molar-refractivity contribution is 6.00. The van der Waals surface area contributed by atoms with Gasteiger partial charge in [-0.15, -0.1) is 0 Å². The summed E-state index contributed by atoms with van der Waals surface area (Å²) in [6.07, 6.45) is 0.273. The Morgan fingerprint density at radius 1 is 1.03 bits per heavy atom.